The number of benzene rings is 1. The number of hydrogen-bond donors (Lipinski definition) is 0. The van der Waals surface area contributed by atoms with E-state index in [-0.39, 0.29) is 18.1 Å². The smallest absolute Gasteiger partial charge is 0.246 e. The van der Waals surface area contributed by atoms with E-state index in [0.717, 1.165) is 24.8 Å². The molecule has 1 saturated carbocycles. The molecule has 136 valence electrons. The van der Waals surface area contributed by atoms with E-state index in [1.165, 1.54) is 6.42 Å². The summed E-state index contributed by atoms with van der Waals surface area (Å²) in [6, 6.07) is 3.76. The Morgan fingerprint density at radius 2 is 2.08 bits per heavy atom. The number of morpholine rings is 1. The average molecular weight is 366 g/mol. The molecule has 0 aromatic heterocycles. The number of carbonyl (C=O) groups excluding carboxylic acids is 1. The fourth-order valence-electron chi connectivity index (χ4n) is 3.67. The number of fused-ring (bicyclic) bond motifs is 1. The second kappa shape index (κ2) is 8.11. The molecule has 2 aliphatic rings. The Kier molecular flexibility index (Phi) is 5.86. The number of rotatable bonds is 4. The van der Waals surface area contributed by atoms with Gasteiger partial charge in [-0.1, -0.05) is 24.4 Å². The molecule has 1 amide bonds. The lowest BCUT2D eigenvalue weighted by molar-refractivity contribution is -0.144. The van der Waals surface area contributed by atoms with Crippen molar-refractivity contribution in [3.63, 3.8) is 0 Å². The van der Waals surface area contributed by atoms with Gasteiger partial charge < -0.3 is 19.1 Å². The van der Waals surface area contributed by atoms with Crippen molar-refractivity contribution in [2.24, 2.45) is 0 Å². The highest BCUT2D eigenvalue weighted by Gasteiger charge is 2.35. The molecule has 0 unspecified atom stereocenters. The maximum atomic E-state index is 12.7. The van der Waals surface area contributed by atoms with Crippen LogP contribution in [0, 0.1) is 0 Å². The number of amides is 1. The quantitative estimate of drug-likeness (QED) is 0.766. The molecule has 0 bridgehead atoms. The van der Waals surface area contributed by atoms with E-state index < -0.39 is 0 Å². The lowest BCUT2D eigenvalue weighted by Crippen LogP contribution is -2.54. The molecule has 1 saturated heterocycles. The minimum atomic E-state index is 0.0195. The number of carbonyl (C=O) groups is 1. The molecule has 1 aliphatic heterocycles. The van der Waals surface area contributed by atoms with Gasteiger partial charge in [-0.3, -0.25) is 4.79 Å². The fraction of sp³-hybridized carbons (Fsp3) is 0.526. The second-order valence-corrected chi connectivity index (χ2v) is 6.77. The SMILES string of the molecule is COc1cc(/C=C/C(=O)N2CCO[C@H]3CCCC[C@H]32)cc(Cl)c1OC. The number of halogens is 1. The van der Waals surface area contributed by atoms with Gasteiger partial charge in [-0.05, 0) is 36.6 Å². The van der Waals surface area contributed by atoms with Crippen molar-refractivity contribution in [2.75, 3.05) is 27.4 Å². The first kappa shape index (κ1) is 18.1. The largest absolute Gasteiger partial charge is 0.493 e. The Morgan fingerprint density at radius 3 is 2.84 bits per heavy atom. The van der Waals surface area contributed by atoms with Crippen molar-refractivity contribution in [3.8, 4) is 11.5 Å². The molecular formula is C19H24ClNO4. The van der Waals surface area contributed by atoms with Crippen molar-refractivity contribution in [1.29, 1.82) is 0 Å². The third-order valence-corrected chi connectivity index (χ3v) is 5.17. The Bertz CT molecular complexity index is 659. The van der Waals surface area contributed by atoms with Crippen LogP contribution in [0.15, 0.2) is 18.2 Å². The van der Waals surface area contributed by atoms with E-state index in [0.29, 0.717) is 29.7 Å². The van der Waals surface area contributed by atoms with E-state index in [9.17, 15) is 4.79 Å². The van der Waals surface area contributed by atoms with Crippen LogP contribution in [0.25, 0.3) is 6.08 Å². The molecule has 2 atom stereocenters. The first-order valence-corrected chi connectivity index (χ1v) is 9.03. The van der Waals surface area contributed by atoms with Crippen LogP contribution in [-0.4, -0.2) is 50.3 Å². The first-order valence-electron chi connectivity index (χ1n) is 8.66. The second-order valence-electron chi connectivity index (χ2n) is 6.36. The summed E-state index contributed by atoms with van der Waals surface area (Å²) in [6.07, 6.45) is 7.97. The maximum absolute atomic E-state index is 12.7. The van der Waals surface area contributed by atoms with Crippen LogP contribution >= 0.6 is 11.6 Å². The summed E-state index contributed by atoms with van der Waals surface area (Å²) in [7, 11) is 3.10. The van der Waals surface area contributed by atoms with Gasteiger partial charge >= 0.3 is 0 Å². The fourth-order valence-corrected chi connectivity index (χ4v) is 3.96. The highest BCUT2D eigenvalue weighted by molar-refractivity contribution is 6.32. The summed E-state index contributed by atoms with van der Waals surface area (Å²) in [4.78, 5) is 14.6. The normalized spacial score (nSPS) is 23.4. The maximum Gasteiger partial charge on any atom is 0.246 e. The summed E-state index contributed by atoms with van der Waals surface area (Å²) < 4.78 is 16.4. The lowest BCUT2D eigenvalue weighted by atomic mass is 9.90. The Morgan fingerprint density at radius 1 is 1.28 bits per heavy atom. The van der Waals surface area contributed by atoms with Crippen LogP contribution < -0.4 is 9.47 Å². The van der Waals surface area contributed by atoms with Crippen molar-refractivity contribution in [3.05, 3.63) is 28.8 Å². The lowest BCUT2D eigenvalue weighted by Gasteiger charge is -2.43. The van der Waals surface area contributed by atoms with Gasteiger partial charge in [0.2, 0.25) is 5.91 Å². The van der Waals surface area contributed by atoms with Gasteiger partial charge in [0.15, 0.2) is 11.5 Å². The summed E-state index contributed by atoms with van der Waals surface area (Å²) in [5.41, 5.74) is 0.796. The van der Waals surface area contributed by atoms with Crippen LogP contribution in [0.3, 0.4) is 0 Å². The molecule has 1 aromatic rings. The summed E-state index contributed by atoms with van der Waals surface area (Å²) in [5, 5.41) is 0.452. The van der Waals surface area contributed by atoms with Crippen LogP contribution in [-0.2, 0) is 9.53 Å². The number of methoxy groups -OCH3 is 2. The van der Waals surface area contributed by atoms with E-state index in [1.807, 2.05) is 4.90 Å². The van der Waals surface area contributed by atoms with Crippen LogP contribution in [0.5, 0.6) is 11.5 Å². The van der Waals surface area contributed by atoms with Gasteiger partial charge in [-0.2, -0.15) is 0 Å². The Balaban J connectivity index is 1.75. The summed E-state index contributed by atoms with van der Waals surface area (Å²) >= 11 is 6.22. The highest BCUT2D eigenvalue weighted by Crippen LogP contribution is 2.36. The minimum absolute atomic E-state index is 0.0195. The predicted molar refractivity (Wildman–Crippen MR) is 97.3 cm³/mol. The van der Waals surface area contributed by atoms with Crippen molar-refractivity contribution >= 4 is 23.6 Å². The molecule has 1 heterocycles. The number of nitrogens with zero attached hydrogens (tertiary/aromatic N) is 1. The van der Waals surface area contributed by atoms with Crippen molar-refractivity contribution in [2.45, 2.75) is 37.8 Å². The average Bonchev–Trinajstić information content (AvgIpc) is 2.65. The topological polar surface area (TPSA) is 48.0 Å². The molecule has 0 spiro atoms. The van der Waals surface area contributed by atoms with Gasteiger partial charge in [0.1, 0.15) is 0 Å². The van der Waals surface area contributed by atoms with Crippen LogP contribution in [0.1, 0.15) is 31.2 Å². The molecule has 2 fully saturated rings. The third kappa shape index (κ3) is 3.93. The van der Waals surface area contributed by atoms with Crippen LogP contribution in [0.4, 0.5) is 0 Å². The number of hydrogen-bond acceptors (Lipinski definition) is 4. The van der Waals surface area contributed by atoms with Gasteiger partial charge in [0, 0.05) is 12.6 Å². The van der Waals surface area contributed by atoms with Gasteiger partial charge in [0.25, 0.3) is 0 Å². The molecular weight excluding hydrogens is 342 g/mol. The summed E-state index contributed by atoms with van der Waals surface area (Å²) in [5.74, 6) is 1.05. The molecule has 0 radical (unpaired) electrons. The zero-order valence-electron chi connectivity index (χ0n) is 14.7. The van der Waals surface area contributed by atoms with Crippen LogP contribution in [0.2, 0.25) is 5.02 Å². The minimum Gasteiger partial charge on any atom is -0.493 e. The first-order chi connectivity index (χ1) is 12.1. The molecule has 3 rings (SSSR count). The predicted octanol–water partition coefficient (Wildman–Crippen LogP) is 3.54. The van der Waals surface area contributed by atoms with Crippen molar-refractivity contribution < 1.29 is 19.0 Å². The monoisotopic (exact) mass is 365 g/mol. The molecule has 1 aliphatic carbocycles. The molecule has 0 N–H and O–H groups in total. The zero-order valence-corrected chi connectivity index (χ0v) is 15.4. The summed E-state index contributed by atoms with van der Waals surface area (Å²) in [6.45, 7) is 1.26. The highest BCUT2D eigenvalue weighted by atomic mass is 35.5. The number of ether oxygens (including phenoxy) is 3. The van der Waals surface area contributed by atoms with Gasteiger partial charge in [0.05, 0.1) is 38.0 Å². The molecule has 1 aromatic carbocycles. The zero-order chi connectivity index (χ0) is 17.8. The molecule has 25 heavy (non-hydrogen) atoms. The van der Waals surface area contributed by atoms with Crippen molar-refractivity contribution in [1.82, 2.24) is 4.90 Å². The van der Waals surface area contributed by atoms with E-state index in [4.69, 9.17) is 25.8 Å². The molecule has 6 heteroatoms. The standard InChI is InChI=1S/C19H24ClNO4/c1-23-17-12-13(11-14(20)19(17)24-2)7-8-18(22)21-9-10-25-16-6-4-3-5-15(16)21/h7-8,11-12,15-16H,3-6,9-10H2,1-2H3/b8-7+/t15-,16+/m1/s1. The molecule has 5 nitrogen and oxygen atoms in total. The third-order valence-electron chi connectivity index (χ3n) is 4.89. The van der Waals surface area contributed by atoms with E-state index in [1.54, 1.807) is 38.5 Å². The van der Waals surface area contributed by atoms with Gasteiger partial charge in [-0.15, -0.1) is 0 Å². The Hall–Kier alpha value is -1.72. The van der Waals surface area contributed by atoms with Gasteiger partial charge in [-0.25, -0.2) is 0 Å². The van der Waals surface area contributed by atoms with E-state index in [2.05, 4.69) is 0 Å². The Labute approximate surface area is 153 Å². The van der Waals surface area contributed by atoms with E-state index >= 15 is 0 Å².